The van der Waals surface area contributed by atoms with E-state index in [1.54, 1.807) is 31.2 Å². The first-order valence-electron chi connectivity index (χ1n) is 6.44. The lowest BCUT2D eigenvalue weighted by molar-refractivity contribution is 0.0526. The van der Waals surface area contributed by atoms with E-state index in [0.29, 0.717) is 29.5 Å². The van der Waals surface area contributed by atoms with Crippen LogP contribution in [0.2, 0.25) is 5.02 Å². The minimum atomic E-state index is -0.333. The smallest absolute Gasteiger partial charge is 0.338 e. The quantitative estimate of drug-likeness (QED) is 0.706. The molecule has 21 heavy (non-hydrogen) atoms. The molecule has 0 saturated carbocycles. The lowest BCUT2D eigenvalue weighted by atomic mass is 10.2. The Kier molecular flexibility index (Phi) is 5.65. The molecule has 5 heteroatoms. The van der Waals surface area contributed by atoms with Gasteiger partial charge in [-0.25, -0.2) is 4.79 Å². The molecule has 0 N–H and O–H groups in total. The van der Waals surface area contributed by atoms with Crippen molar-refractivity contribution in [2.24, 2.45) is 0 Å². The summed E-state index contributed by atoms with van der Waals surface area (Å²) < 4.78 is 11.5. The summed E-state index contributed by atoms with van der Waals surface area (Å²) in [6.45, 7) is 2.50. The van der Waals surface area contributed by atoms with E-state index in [9.17, 15) is 4.79 Å². The molecule has 2 aromatic carbocycles. The van der Waals surface area contributed by atoms with Gasteiger partial charge < -0.3 is 9.47 Å². The summed E-state index contributed by atoms with van der Waals surface area (Å²) in [6, 6.07) is 12.5. The second kappa shape index (κ2) is 7.48. The van der Waals surface area contributed by atoms with Gasteiger partial charge in [-0.05, 0) is 43.3 Å². The summed E-state index contributed by atoms with van der Waals surface area (Å²) in [4.78, 5) is 11.5. The summed E-state index contributed by atoms with van der Waals surface area (Å²) in [5.74, 6) is 0.335. The molecule has 0 fully saturated rings. The minimum Gasteiger partial charge on any atom is -0.489 e. The zero-order valence-electron chi connectivity index (χ0n) is 11.4. The van der Waals surface area contributed by atoms with E-state index >= 15 is 0 Å². The molecule has 0 spiro atoms. The molecule has 0 aromatic heterocycles. The highest BCUT2D eigenvalue weighted by Gasteiger charge is 2.06. The Morgan fingerprint density at radius 1 is 1.19 bits per heavy atom. The highest BCUT2D eigenvalue weighted by molar-refractivity contribution is 9.10. The van der Waals surface area contributed by atoms with Gasteiger partial charge in [-0.15, -0.1) is 0 Å². The van der Waals surface area contributed by atoms with Crippen LogP contribution in [0, 0.1) is 0 Å². The van der Waals surface area contributed by atoms with Gasteiger partial charge in [-0.3, -0.25) is 0 Å². The molecule has 0 bridgehead atoms. The van der Waals surface area contributed by atoms with Gasteiger partial charge in [-0.1, -0.05) is 33.6 Å². The molecule has 0 aliphatic heterocycles. The van der Waals surface area contributed by atoms with Gasteiger partial charge in [0.1, 0.15) is 12.4 Å². The van der Waals surface area contributed by atoms with E-state index in [4.69, 9.17) is 21.1 Å². The zero-order valence-corrected chi connectivity index (χ0v) is 13.8. The van der Waals surface area contributed by atoms with Gasteiger partial charge in [0, 0.05) is 15.1 Å². The summed E-state index contributed by atoms with van der Waals surface area (Å²) in [7, 11) is 0. The van der Waals surface area contributed by atoms with Crippen molar-refractivity contribution in [2.45, 2.75) is 13.5 Å². The van der Waals surface area contributed by atoms with Gasteiger partial charge in [0.25, 0.3) is 0 Å². The topological polar surface area (TPSA) is 35.5 Å². The second-order valence-corrected chi connectivity index (χ2v) is 5.59. The average molecular weight is 370 g/mol. The SMILES string of the molecule is CCOC(=O)c1ccc(OCc2ccc(Br)cc2Cl)cc1. The fourth-order valence-electron chi connectivity index (χ4n) is 1.70. The third kappa shape index (κ3) is 4.48. The molecule has 0 radical (unpaired) electrons. The number of esters is 1. The largest absolute Gasteiger partial charge is 0.489 e. The molecule has 0 saturated heterocycles. The maximum atomic E-state index is 11.5. The van der Waals surface area contributed by atoms with E-state index in [-0.39, 0.29) is 5.97 Å². The highest BCUT2D eigenvalue weighted by atomic mass is 79.9. The highest BCUT2D eigenvalue weighted by Crippen LogP contribution is 2.23. The lowest BCUT2D eigenvalue weighted by Gasteiger charge is -2.09. The molecule has 3 nitrogen and oxygen atoms in total. The summed E-state index contributed by atoms with van der Waals surface area (Å²) >= 11 is 9.48. The molecular weight excluding hydrogens is 356 g/mol. The number of halogens is 2. The monoisotopic (exact) mass is 368 g/mol. The van der Waals surface area contributed by atoms with Crippen LogP contribution in [0.3, 0.4) is 0 Å². The Balaban J connectivity index is 1.99. The van der Waals surface area contributed by atoms with Gasteiger partial charge >= 0.3 is 5.97 Å². The molecule has 110 valence electrons. The maximum Gasteiger partial charge on any atom is 0.338 e. The van der Waals surface area contributed by atoms with Crippen molar-refractivity contribution in [1.82, 2.24) is 0 Å². The standard InChI is InChI=1S/C16H14BrClO3/c1-2-20-16(19)11-4-7-14(8-5-11)21-10-12-3-6-13(17)9-15(12)18/h3-9H,2,10H2,1H3. The third-order valence-corrected chi connectivity index (χ3v) is 3.62. The Morgan fingerprint density at radius 3 is 2.52 bits per heavy atom. The average Bonchev–Trinajstić information content (AvgIpc) is 2.47. The van der Waals surface area contributed by atoms with Gasteiger partial charge in [0.2, 0.25) is 0 Å². The normalized spacial score (nSPS) is 10.2. The Labute approximate surface area is 137 Å². The van der Waals surface area contributed by atoms with E-state index in [2.05, 4.69) is 15.9 Å². The predicted molar refractivity (Wildman–Crippen MR) is 85.9 cm³/mol. The molecule has 0 amide bonds. The molecule has 0 atom stereocenters. The fraction of sp³-hybridized carbons (Fsp3) is 0.188. The van der Waals surface area contributed by atoms with Crippen molar-refractivity contribution in [1.29, 1.82) is 0 Å². The zero-order chi connectivity index (χ0) is 15.2. The number of ether oxygens (including phenoxy) is 2. The van der Waals surface area contributed by atoms with Crippen LogP contribution < -0.4 is 4.74 Å². The van der Waals surface area contributed by atoms with Crippen molar-refractivity contribution < 1.29 is 14.3 Å². The molecule has 0 aliphatic rings. The van der Waals surface area contributed by atoms with E-state index in [0.717, 1.165) is 10.0 Å². The van der Waals surface area contributed by atoms with Crippen LogP contribution in [-0.4, -0.2) is 12.6 Å². The molecule has 2 rings (SSSR count). The van der Waals surface area contributed by atoms with E-state index in [1.807, 2.05) is 18.2 Å². The van der Waals surface area contributed by atoms with Crippen LogP contribution in [0.5, 0.6) is 5.75 Å². The molecule has 0 aliphatic carbocycles. The molecule has 0 unspecified atom stereocenters. The van der Waals surface area contributed by atoms with Crippen LogP contribution in [0.4, 0.5) is 0 Å². The van der Waals surface area contributed by atoms with Crippen LogP contribution in [0.1, 0.15) is 22.8 Å². The minimum absolute atomic E-state index is 0.333. The first-order chi connectivity index (χ1) is 10.1. The van der Waals surface area contributed by atoms with Crippen LogP contribution >= 0.6 is 27.5 Å². The molecule has 0 heterocycles. The van der Waals surface area contributed by atoms with Crippen LogP contribution in [0.25, 0.3) is 0 Å². The van der Waals surface area contributed by atoms with Gasteiger partial charge in [-0.2, -0.15) is 0 Å². The van der Waals surface area contributed by atoms with Gasteiger partial charge in [0.05, 0.1) is 12.2 Å². The van der Waals surface area contributed by atoms with Crippen molar-refractivity contribution in [3.05, 3.63) is 63.1 Å². The number of rotatable bonds is 5. The second-order valence-electron chi connectivity index (χ2n) is 4.27. The molecular formula is C16H14BrClO3. The number of carbonyl (C=O) groups excluding carboxylic acids is 1. The first kappa shape index (κ1) is 15.9. The van der Waals surface area contributed by atoms with E-state index in [1.165, 1.54) is 0 Å². The van der Waals surface area contributed by atoms with Crippen LogP contribution in [0.15, 0.2) is 46.9 Å². The predicted octanol–water partition coefficient (Wildman–Crippen LogP) is 4.86. The van der Waals surface area contributed by atoms with Crippen molar-refractivity contribution >= 4 is 33.5 Å². The van der Waals surface area contributed by atoms with E-state index < -0.39 is 0 Å². The van der Waals surface area contributed by atoms with Crippen LogP contribution in [-0.2, 0) is 11.3 Å². The maximum absolute atomic E-state index is 11.5. The Morgan fingerprint density at radius 2 is 1.90 bits per heavy atom. The Bertz CT molecular complexity index is 626. The number of hydrogen-bond donors (Lipinski definition) is 0. The summed E-state index contributed by atoms with van der Waals surface area (Å²) in [5, 5.41) is 0.646. The molecule has 2 aromatic rings. The Hall–Kier alpha value is -1.52. The van der Waals surface area contributed by atoms with Crippen molar-refractivity contribution in [3.63, 3.8) is 0 Å². The number of benzene rings is 2. The summed E-state index contributed by atoms with van der Waals surface area (Å²) in [5.41, 5.74) is 1.40. The number of hydrogen-bond acceptors (Lipinski definition) is 3. The van der Waals surface area contributed by atoms with Crippen molar-refractivity contribution in [2.75, 3.05) is 6.61 Å². The lowest BCUT2D eigenvalue weighted by Crippen LogP contribution is -2.04. The number of carbonyl (C=O) groups is 1. The first-order valence-corrected chi connectivity index (χ1v) is 7.61. The van der Waals surface area contributed by atoms with Crippen molar-refractivity contribution in [3.8, 4) is 5.75 Å². The third-order valence-electron chi connectivity index (χ3n) is 2.77. The fourth-order valence-corrected chi connectivity index (χ4v) is 2.43. The summed E-state index contributed by atoms with van der Waals surface area (Å²) in [6.07, 6.45) is 0. The van der Waals surface area contributed by atoms with Gasteiger partial charge in [0.15, 0.2) is 0 Å².